The minimum atomic E-state index is 0.594. The predicted molar refractivity (Wildman–Crippen MR) is 75.7 cm³/mol. The summed E-state index contributed by atoms with van der Waals surface area (Å²) in [5.74, 6) is 1.46. The molecule has 0 aromatic heterocycles. The zero-order valence-electron chi connectivity index (χ0n) is 10.5. The summed E-state index contributed by atoms with van der Waals surface area (Å²) in [6.07, 6.45) is 3.85. The summed E-state index contributed by atoms with van der Waals surface area (Å²) in [4.78, 5) is 0. The van der Waals surface area contributed by atoms with Gasteiger partial charge in [-0.3, -0.25) is 0 Å². The van der Waals surface area contributed by atoms with Crippen LogP contribution in [0.2, 0.25) is 0 Å². The summed E-state index contributed by atoms with van der Waals surface area (Å²) >= 11 is 3.59. The Kier molecular flexibility index (Phi) is 5.05. The van der Waals surface area contributed by atoms with Gasteiger partial charge in [-0.2, -0.15) is 0 Å². The molecule has 1 aromatic rings. The van der Waals surface area contributed by atoms with Crippen LogP contribution < -0.4 is 0 Å². The van der Waals surface area contributed by atoms with Crippen LogP contribution in [0.25, 0.3) is 0 Å². The average molecular weight is 297 g/mol. The lowest BCUT2D eigenvalue weighted by Crippen LogP contribution is -2.15. The van der Waals surface area contributed by atoms with Crippen molar-refractivity contribution < 1.29 is 4.74 Å². The Hall–Kier alpha value is -0.340. The lowest BCUT2D eigenvalue weighted by molar-refractivity contribution is 0.0979. The summed E-state index contributed by atoms with van der Waals surface area (Å²) in [6.45, 7) is 3.98. The van der Waals surface area contributed by atoms with Gasteiger partial charge < -0.3 is 4.74 Å². The fourth-order valence-electron chi connectivity index (χ4n) is 1.90. The van der Waals surface area contributed by atoms with E-state index in [1.807, 2.05) is 0 Å². The van der Waals surface area contributed by atoms with Crippen molar-refractivity contribution in [1.82, 2.24) is 0 Å². The zero-order valence-corrected chi connectivity index (χ0v) is 12.1. The molecular formula is C15H21BrO. The van der Waals surface area contributed by atoms with E-state index in [9.17, 15) is 0 Å². The minimum Gasteiger partial charge on any atom is -0.381 e. The first-order valence-electron chi connectivity index (χ1n) is 6.47. The second kappa shape index (κ2) is 6.55. The van der Waals surface area contributed by atoms with E-state index in [2.05, 4.69) is 47.1 Å². The van der Waals surface area contributed by atoms with Crippen molar-refractivity contribution >= 4 is 15.9 Å². The summed E-state index contributed by atoms with van der Waals surface area (Å²) in [7, 11) is 0. The molecule has 1 nitrogen and oxygen atoms in total. The Morgan fingerprint density at radius 2 is 2.00 bits per heavy atom. The maximum atomic E-state index is 5.78. The monoisotopic (exact) mass is 296 g/mol. The largest absolute Gasteiger partial charge is 0.381 e. The molecule has 0 spiro atoms. The molecule has 2 rings (SSSR count). The average Bonchev–Trinajstić information content (AvgIpc) is 3.14. The minimum absolute atomic E-state index is 0.594. The number of halogens is 1. The predicted octanol–water partition coefficient (Wildman–Crippen LogP) is 3.98. The fraction of sp³-hybridized carbons (Fsp3) is 0.600. The van der Waals surface area contributed by atoms with Crippen molar-refractivity contribution in [3.63, 3.8) is 0 Å². The molecule has 1 aliphatic rings. The molecule has 0 saturated heterocycles. The van der Waals surface area contributed by atoms with Gasteiger partial charge in [0.05, 0.1) is 6.61 Å². The molecular weight excluding hydrogens is 276 g/mol. The standard InChI is InChI=1S/C15H21BrO/c1-12-2-4-13(5-3-12)8-15(9-16)11-17-10-14-6-7-14/h2-5,14-15H,6-11H2,1H3. The molecule has 0 heterocycles. The fourth-order valence-corrected chi connectivity index (χ4v) is 2.32. The number of alkyl halides is 1. The third-order valence-corrected chi connectivity index (χ3v) is 4.18. The van der Waals surface area contributed by atoms with Crippen molar-refractivity contribution in [2.45, 2.75) is 26.2 Å². The molecule has 1 saturated carbocycles. The molecule has 0 N–H and O–H groups in total. The highest BCUT2D eigenvalue weighted by Gasteiger charge is 2.21. The molecule has 94 valence electrons. The number of rotatable bonds is 7. The van der Waals surface area contributed by atoms with Crippen LogP contribution in [0.5, 0.6) is 0 Å². The van der Waals surface area contributed by atoms with Gasteiger partial charge in [0, 0.05) is 11.9 Å². The number of aryl methyl sites for hydroxylation is 1. The summed E-state index contributed by atoms with van der Waals surface area (Å²) in [5.41, 5.74) is 2.74. The normalized spacial score (nSPS) is 17.1. The van der Waals surface area contributed by atoms with E-state index in [0.29, 0.717) is 5.92 Å². The van der Waals surface area contributed by atoms with Crippen molar-refractivity contribution in [3.8, 4) is 0 Å². The second-order valence-electron chi connectivity index (χ2n) is 5.19. The second-order valence-corrected chi connectivity index (χ2v) is 5.84. The van der Waals surface area contributed by atoms with Crippen LogP contribution in [0.4, 0.5) is 0 Å². The molecule has 1 fully saturated rings. The summed E-state index contributed by atoms with van der Waals surface area (Å²) < 4.78 is 5.78. The quantitative estimate of drug-likeness (QED) is 0.692. The van der Waals surface area contributed by atoms with Crippen molar-refractivity contribution in [2.75, 3.05) is 18.5 Å². The van der Waals surface area contributed by atoms with Crippen molar-refractivity contribution in [2.24, 2.45) is 11.8 Å². The highest BCUT2D eigenvalue weighted by atomic mass is 79.9. The van der Waals surface area contributed by atoms with E-state index in [1.165, 1.54) is 24.0 Å². The van der Waals surface area contributed by atoms with Gasteiger partial charge >= 0.3 is 0 Å². The van der Waals surface area contributed by atoms with Crippen LogP contribution in [0.1, 0.15) is 24.0 Å². The summed E-state index contributed by atoms with van der Waals surface area (Å²) in [5, 5.41) is 1.02. The van der Waals surface area contributed by atoms with Crippen LogP contribution in [0, 0.1) is 18.8 Å². The van der Waals surface area contributed by atoms with E-state index >= 15 is 0 Å². The maximum absolute atomic E-state index is 5.78. The van der Waals surface area contributed by atoms with Crippen molar-refractivity contribution in [3.05, 3.63) is 35.4 Å². The molecule has 1 atom stereocenters. The summed E-state index contributed by atoms with van der Waals surface area (Å²) in [6, 6.07) is 8.83. The van der Waals surface area contributed by atoms with Crippen LogP contribution in [-0.4, -0.2) is 18.5 Å². The third kappa shape index (κ3) is 4.81. The van der Waals surface area contributed by atoms with Gasteiger partial charge in [0.15, 0.2) is 0 Å². The van der Waals surface area contributed by atoms with Crippen molar-refractivity contribution in [1.29, 1.82) is 0 Å². The first kappa shape index (κ1) is 13.1. The molecule has 0 amide bonds. The van der Waals surface area contributed by atoms with Gasteiger partial charge in [0.2, 0.25) is 0 Å². The molecule has 2 heteroatoms. The molecule has 0 radical (unpaired) electrons. The van der Waals surface area contributed by atoms with Crippen LogP contribution in [-0.2, 0) is 11.2 Å². The van der Waals surface area contributed by atoms with E-state index < -0.39 is 0 Å². The van der Waals surface area contributed by atoms with E-state index in [1.54, 1.807) is 0 Å². The Morgan fingerprint density at radius 3 is 2.59 bits per heavy atom. The first-order valence-corrected chi connectivity index (χ1v) is 7.59. The topological polar surface area (TPSA) is 9.23 Å². The van der Waals surface area contributed by atoms with Gasteiger partial charge in [-0.1, -0.05) is 45.8 Å². The van der Waals surface area contributed by atoms with E-state index in [0.717, 1.165) is 30.9 Å². The van der Waals surface area contributed by atoms with Gasteiger partial charge in [-0.25, -0.2) is 0 Å². The SMILES string of the molecule is Cc1ccc(CC(CBr)COCC2CC2)cc1. The maximum Gasteiger partial charge on any atom is 0.0505 e. The van der Waals surface area contributed by atoms with E-state index in [-0.39, 0.29) is 0 Å². The van der Waals surface area contributed by atoms with E-state index in [4.69, 9.17) is 4.74 Å². The van der Waals surface area contributed by atoms with Gasteiger partial charge in [-0.05, 0) is 43.6 Å². The van der Waals surface area contributed by atoms with Crippen LogP contribution >= 0.6 is 15.9 Å². The Balaban J connectivity index is 1.74. The highest BCUT2D eigenvalue weighted by molar-refractivity contribution is 9.09. The van der Waals surface area contributed by atoms with Crippen LogP contribution in [0.3, 0.4) is 0 Å². The molecule has 1 aliphatic carbocycles. The first-order chi connectivity index (χ1) is 8.28. The lowest BCUT2D eigenvalue weighted by Gasteiger charge is -2.14. The Morgan fingerprint density at radius 1 is 1.29 bits per heavy atom. The Labute approximate surface area is 113 Å². The zero-order chi connectivity index (χ0) is 12.1. The van der Waals surface area contributed by atoms with Gasteiger partial charge in [0.25, 0.3) is 0 Å². The molecule has 0 bridgehead atoms. The lowest BCUT2D eigenvalue weighted by atomic mass is 10.0. The molecule has 17 heavy (non-hydrogen) atoms. The molecule has 1 unspecified atom stereocenters. The van der Waals surface area contributed by atoms with Gasteiger partial charge in [0.1, 0.15) is 0 Å². The Bertz CT molecular complexity index is 329. The highest BCUT2D eigenvalue weighted by Crippen LogP contribution is 2.29. The molecule has 0 aliphatic heterocycles. The third-order valence-electron chi connectivity index (χ3n) is 3.27. The molecule has 1 aromatic carbocycles. The number of ether oxygens (including phenoxy) is 1. The smallest absolute Gasteiger partial charge is 0.0505 e. The number of hydrogen-bond donors (Lipinski definition) is 0. The number of benzene rings is 1. The number of hydrogen-bond acceptors (Lipinski definition) is 1. The van der Waals surface area contributed by atoms with Gasteiger partial charge in [-0.15, -0.1) is 0 Å². The van der Waals surface area contributed by atoms with Crippen LogP contribution in [0.15, 0.2) is 24.3 Å².